The molecule has 0 radical (unpaired) electrons. The molecule has 1 atom stereocenters. The smallest absolute Gasteiger partial charge is 0.161 e. The van der Waals surface area contributed by atoms with Gasteiger partial charge in [-0.3, -0.25) is 0 Å². The molecule has 0 bridgehead atoms. The normalized spacial score (nSPS) is 20.3. The van der Waals surface area contributed by atoms with Crippen molar-refractivity contribution in [2.45, 2.75) is 13.0 Å². The fourth-order valence-electron chi connectivity index (χ4n) is 1.60. The Labute approximate surface area is 81.5 Å². The van der Waals surface area contributed by atoms with E-state index in [2.05, 4.69) is 5.32 Å². The van der Waals surface area contributed by atoms with E-state index in [9.17, 15) is 8.78 Å². The van der Waals surface area contributed by atoms with Gasteiger partial charge in [-0.25, -0.2) is 8.78 Å². The van der Waals surface area contributed by atoms with E-state index in [1.54, 1.807) is 0 Å². The largest absolute Gasteiger partial charge is 0.381 e. The van der Waals surface area contributed by atoms with Crippen molar-refractivity contribution in [1.29, 1.82) is 0 Å². The lowest BCUT2D eigenvalue weighted by molar-refractivity contribution is 0.507. The number of likely N-dealkylation sites (N-methyl/N-ethyl adjacent to an activating group) is 1. The summed E-state index contributed by atoms with van der Waals surface area (Å²) in [6.07, 6.45) is 0. The summed E-state index contributed by atoms with van der Waals surface area (Å²) in [5.74, 6) is -1.61. The maximum absolute atomic E-state index is 13.0. The predicted octanol–water partition coefficient (Wildman–Crippen LogP) is 2.21. The highest BCUT2D eigenvalue weighted by atomic mass is 19.2. The zero-order valence-corrected chi connectivity index (χ0v) is 8.14. The summed E-state index contributed by atoms with van der Waals surface area (Å²) in [6, 6.07) is 2.72. The fraction of sp³-hybridized carbons (Fsp3) is 0.400. The molecule has 1 aliphatic heterocycles. The molecule has 0 amide bonds. The summed E-state index contributed by atoms with van der Waals surface area (Å²) in [4.78, 5) is 1.94. The number of benzene rings is 1. The quantitative estimate of drug-likeness (QED) is 0.687. The SMILES string of the molecule is CC1CNc2cc(F)c(F)cc2N1C. The molecule has 0 saturated carbocycles. The molecule has 1 aromatic carbocycles. The van der Waals surface area contributed by atoms with Crippen LogP contribution >= 0.6 is 0 Å². The second-order valence-electron chi connectivity index (χ2n) is 3.62. The standard InChI is InChI=1S/C10H12F2N2/c1-6-5-13-9-3-7(11)8(12)4-10(9)14(6)2/h3-4,6,13H,5H2,1-2H3. The van der Waals surface area contributed by atoms with Crippen molar-refractivity contribution < 1.29 is 8.78 Å². The van der Waals surface area contributed by atoms with Crippen LogP contribution in [0, 0.1) is 11.6 Å². The minimum Gasteiger partial charge on any atom is -0.381 e. The minimum atomic E-state index is -0.806. The zero-order chi connectivity index (χ0) is 10.3. The van der Waals surface area contributed by atoms with Crippen LogP contribution in [0.4, 0.5) is 20.2 Å². The molecule has 1 heterocycles. The van der Waals surface area contributed by atoms with Gasteiger partial charge in [-0.15, -0.1) is 0 Å². The van der Waals surface area contributed by atoms with Crippen molar-refractivity contribution in [3.05, 3.63) is 23.8 Å². The van der Waals surface area contributed by atoms with Gasteiger partial charge in [0.05, 0.1) is 11.4 Å². The molecule has 76 valence electrons. The first-order valence-corrected chi connectivity index (χ1v) is 4.55. The molecule has 0 fully saturated rings. The lowest BCUT2D eigenvalue weighted by atomic mass is 10.1. The Bertz CT molecular complexity index is 365. The molecule has 1 aromatic rings. The van der Waals surface area contributed by atoms with Gasteiger partial charge in [0.1, 0.15) is 0 Å². The maximum atomic E-state index is 13.0. The van der Waals surface area contributed by atoms with Crippen molar-refractivity contribution >= 4 is 11.4 Å². The van der Waals surface area contributed by atoms with Crippen LogP contribution in [0.2, 0.25) is 0 Å². The molecule has 1 N–H and O–H groups in total. The number of halogens is 2. The molecule has 2 nitrogen and oxygen atoms in total. The third-order valence-electron chi connectivity index (χ3n) is 2.67. The van der Waals surface area contributed by atoms with E-state index in [4.69, 9.17) is 0 Å². The molecular weight excluding hydrogens is 186 g/mol. The molecule has 1 unspecified atom stereocenters. The number of hydrogen-bond acceptors (Lipinski definition) is 2. The highest BCUT2D eigenvalue weighted by Gasteiger charge is 2.21. The summed E-state index contributed by atoms with van der Waals surface area (Å²) in [5, 5.41) is 3.06. The van der Waals surface area contributed by atoms with Gasteiger partial charge < -0.3 is 10.2 Å². The summed E-state index contributed by atoms with van der Waals surface area (Å²) >= 11 is 0. The van der Waals surface area contributed by atoms with E-state index in [0.29, 0.717) is 11.4 Å². The predicted molar refractivity (Wildman–Crippen MR) is 52.7 cm³/mol. The van der Waals surface area contributed by atoms with E-state index in [1.807, 2.05) is 18.9 Å². The van der Waals surface area contributed by atoms with Crippen molar-refractivity contribution in [2.24, 2.45) is 0 Å². The van der Waals surface area contributed by atoms with Crippen LogP contribution in [0.1, 0.15) is 6.92 Å². The van der Waals surface area contributed by atoms with Crippen molar-refractivity contribution in [2.75, 3.05) is 23.8 Å². The van der Waals surface area contributed by atoms with Crippen molar-refractivity contribution in [3.63, 3.8) is 0 Å². The summed E-state index contributed by atoms with van der Waals surface area (Å²) in [5.41, 5.74) is 1.37. The Kier molecular flexibility index (Phi) is 2.06. The molecule has 0 spiro atoms. The Balaban J connectivity index is 2.50. The number of anilines is 2. The van der Waals surface area contributed by atoms with E-state index in [1.165, 1.54) is 12.1 Å². The lowest BCUT2D eigenvalue weighted by Crippen LogP contribution is -2.39. The van der Waals surface area contributed by atoms with E-state index in [0.717, 1.165) is 6.54 Å². The van der Waals surface area contributed by atoms with E-state index >= 15 is 0 Å². The number of nitrogens with one attached hydrogen (secondary N) is 1. The van der Waals surface area contributed by atoms with Crippen molar-refractivity contribution in [1.82, 2.24) is 0 Å². The van der Waals surface area contributed by atoms with Gasteiger partial charge in [-0.2, -0.15) is 0 Å². The Morgan fingerprint density at radius 1 is 1.36 bits per heavy atom. The van der Waals surface area contributed by atoms with Gasteiger partial charge in [-0.1, -0.05) is 0 Å². The number of rotatable bonds is 0. The van der Waals surface area contributed by atoms with Crippen LogP contribution in [-0.2, 0) is 0 Å². The molecule has 4 heteroatoms. The first kappa shape index (κ1) is 9.24. The average molecular weight is 198 g/mol. The number of hydrogen-bond donors (Lipinski definition) is 1. The van der Waals surface area contributed by atoms with Gasteiger partial charge in [0, 0.05) is 31.8 Å². The number of fused-ring (bicyclic) bond motifs is 1. The topological polar surface area (TPSA) is 15.3 Å². The third-order valence-corrected chi connectivity index (χ3v) is 2.67. The second-order valence-corrected chi connectivity index (χ2v) is 3.62. The van der Waals surface area contributed by atoms with Gasteiger partial charge in [-0.05, 0) is 6.92 Å². The highest BCUT2D eigenvalue weighted by Crippen LogP contribution is 2.32. The monoisotopic (exact) mass is 198 g/mol. The Hall–Kier alpha value is -1.32. The van der Waals surface area contributed by atoms with Crippen LogP contribution in [0.15, 0.2) is 12.1 Å². The van der Waals surface area contributed by atoms with Crippen LogP contribution < -0.4 is 10.2 Å². The van der Waals surface area contributed by atoms with Gasteiger partial charge in [0.15, 0.2) is 11.6 Å². The first-order valence-electron chi connectivity index (χ1n) is 4.55. The van der Waals surface area contributed by atoms with Crippen molar-refractivity contribution in [3.8, 4) is 0 Å². The van der Waals surface area contributed by atoms with Crippen LogP contribution in [0.5, 0.6) is 0 Å². The van der Waals surface area contributed by atoms with Gasteiger partial charge in [0.25, 0.3) is 0 Å². The van der Waals surface area contributed by atoms with Gasteiger partial charge in [0.2, 0.25) is 0 Å². The number of nitrogens with zero attached hydrogens (tertiary/aromatic N) is 1. The molecule has 1 aliphatic rings. The third kappa shape index (κ3) is 1.31. The van der Waals surface area contributed by atoms with E-state index in [-0.39, 0.29) is 6.04 Å². The average Bonchev–Trinajstić information content (AvgIpc) is 2.15. The maximum Gasteiger partial charge on any atom is 0.161 e. The van der Waals surface area contributed by atoms with Gasteiger partial charge >= 0.3 is 0 Å². The molecule has 0 saturated heterocycles. The van der Waals surface area contributed by atoms with Crippen LogP contribution in [0.25, 0.3) is 0 Å². The summed E-state index contributed by atoms with van der Waals surface area (Å²) in [7, 11) is 1.88. The molecule has 0 aliphatic carbocycles. The molecule has 0 aromatic heterocycles. The molecule has 14 heavy (non-hydrogen) atoms. The molecule has 2 rings (SSSR count). The van der Waals surface area contributed by atoms with Crippen LogP contribution in [-0.4, -0.2) is 19.6 Å². The lowest BCUT2D eigenvalue weighted by Gasteiger charge is -2.34. The van der Waals surface area contributed by atoms with E-state index < -0.39 is 11.6 Å². The summed E-state index contributed by atoms with van der Waals surface area (Å²) < 4.78 is 25.9. The Morgan fingerprint density at radius 3 is 2.71 bits per heavy atom. The second kappa shape index (κ2) is 3.12. The Morgan fingerprint density at radius 2 is 2.00 bits per heavy atom. The fourth-order valence-corrected chi connectivity index (χ4v) is 1.60. The first-order chi connectivity index (χ1) is 6.59. The van der Waals surface area contributed by atoms with Crippen LogP contribution in [0.3, 0.4) is 0 Å². The minimum absolute atomic E-state index is 0.285. The molecular formula is C10H12F2N2. The summed E-state index contributed by atoms with van der Waals surface area (Å²) in [6.45, 7) is 2.77. The zero-order valence-electron chi connectivity index (χ0n) is 8.14. The highest BCUT2D eigenvalue weighted by molar-refractivity contribution is 5.72.